The molecule has 0 aliphatic carbocycles. The fourth-order valence-electron chi connectivity index (χ4n) is 2.16. The molecule has 110 valence electrons. The Morgan fingerprint density at radius 3 is 2.75 bits per heavy atom. The van der Waals surface area contributed by atoms with Gasteiger partial charge in [0.1, 0.15) is 0 Å². The molecule has 0 amide bonds. The molecule has 0 N–H and O–H groups in total. The van der Waals surface area contributed by atoms with Crippen molar-refractivity contribution in [3.05, 3.63) is 33.3 Å². The molecule has 1 aliphatic rings. The minimum atomic E-state index is -0.488. The second-order valence-corrected chi connectivity index (χ2v) is 5.63. The van der Waals surface area contributed by atoms with Crippen LogP contribution in [0.4, 0.5) is 5.69 Å². The number of benzene rings is 1. The largest absolute Gasteiger partial charge is 0.485 e. The standard InChI is InChI=1S/C13H16ClNO4S/c14-10-2-1-3-11(15(16)17)12(10)19-8-13(9-20)4-6-18-7-5-13/h1-3,20H,4-9H2. The molecular weight excluding hydrogens is 302 g/mol. The topological polar surface area (TPSA) is 61.6 Å². The fourth-order valence-corrected chi connectivity index (χ4v) is 2.79. The van der Waals surface area contributed by atoms with E-state index in [2.05, 4.69) is 12.6 Å². The summed E-state index contributed by atoms with van der Waals surface area (Å²) >= 11 is 10.4. The van der Waals surface area contributed by atoms with Crippen LogP contribution >= 0.6 is 24.2 Å². The number of halogens is 1. The van der Waals surface area contributed by atoms with Crippen LogP contribution in [0.25, 0.3) is 0 Å². The van der Waals surface area contributed by atoms with E-state index in [1.807, 2.05) is 0 Å². The fraction of sp³-hybridized carbons (Fsp3) is 0.538. The Kier molecular flexibility index (Phi) is 5.12. The van der Waals surface area contributed by atoms with E-state index in [0.717, 1.165) is 12.8 Å². The van der Waals surface area contributed by atoms with Crippen LogP contribution in [0.15, 0.2) is 18.2 Å². The lowest BCUT2D eigenvalue weighted by Gasteiger charge is -2.35. The van der Waals surface area contributed by atoms with Gasteiger partial charge in [0.05, 0.1) is 16.6 Å². The monoisotopic (exact) mass is 317 g/mol. The summed E-state index contributed by atoms with van der Waals surface area (Å²) in [6.45, 7) is 1.67. The van der Waals surface area contributed by atoms with Gasteiger partial charge in [0, 0.05) is 24.7 Å². The molecule has 0 spiro atoms. The molecular formula is C13H16ClNO4S. The van der Waals surface area contributed by atoms with Gasteiger partial charge in [-0.3, -0.25) is 10.1 Å². The normalized spacial score (nSPS) is 17.7. The van der Waals surface area contributed by atoms with Gasteiger partial charge in [0.15, 0.2) is 0 Å². The molecule has 7 heteroatoms. The molecule has 1 aliphatic heterocycles. The van der Waals surface area contributed by atoms with Crippen LogP contribution in [0.1, 0.15) is 12.8 Å². The van der Waals surface area contributed by atoms with E-state index in [-0.39, 0.29) is 21.9 Å². The van der Waals surface area contributed by atoms with Crippen LogP contribution in [-0.4, -0.2) is 30.5 Å². The maximum absolute atomic E-state index is 11.0. The van der Waals surface area contributed by atoms with Gasteiger partial charge in [0.25, 0.3) is 0 Å². The maximum atomic E-state index is 11.0. The van der Waals surface area contributed by atoms with Crippen molar-refractivity contribution < 1.29 is 14.4 Å². The third-order valence-corrected chi connectivity index (χ3v) is 4.52. The van der Waals surface area contributed by atoms with Gasteiger partial charge < -0.3 is 9.47 Å². The maximum Gasteiger partial charge on any atom is 0.312 e. The van der Waals surface area contributed by atoms with E-state index >= 15 is 0 Å². The number of nitrogens with zero attached hydrogens (tertiary/aromatic N) is 1. The highest BCUT2D eigenvalue weighted by atomic mass is 35.5. The SMILES string of the molecule is O=[N+]([O-])c1cccc(Cl)c1OCC1(CS)CCOCC1. The summed E-state index contributed by atoms with van der Waals surface area (Å²) in [6.07, 6.45) is 1.66. The summed E-state index contributed by atoms with van der Waals surface area (Å²) in [5, 5.41) is 11.3. The van der Waals surface area contributed by atoms with Gasteiger partial charge in [-0.2, -0.15) is 12.6 Å². The van der Waals surface area contributed by atoms with Crippen LogP contribution in [-0.2, 0) is 4.74 Å². The molecule has 0 atom stereocenters. The lowest BCUT2D eigenvalue weighted by Crippen LogP contribution is -2.37. The highest BCUT2D eigenvalue weighted by Crippen LogP contribution is 2.38. The summed E-state index contributed by atoms with van der Waals surface area (Å²) < 4.78 is 11.0. The second kappa shape index (κ2) is 6.65. The number of thiol groups is 1. The molecule has 0 aromatic heterocycles. The smallest absolute Gasteiger partial charge is 0.312 e. The molecule has 1 saturated heterocycles. The van der Waals surface area contributed by atoms with Crippen molar-refractivity contribution in [1.82, 2.24) is 0 Å². The lowest BCUT2D eigenvalue weighted by atomic mass is 9.83. The molecule has 1 fully saturated rings. The van der Waals surface area contributed by atoms with Crippen LogP contribution < -0.4 is 4.74 Å². The predicted molar refractivity (Wildman–Crippen MR) is 79.9 cm³/mol. The highest BCUT2D eigenvalue weighted by Gasteiger charge is 2.33. The first kappa shape index (κ1) is 15.4. The predicted octanol–water partition coefficient (Wildman–Crippen LogP) is 3.35. The van der Waals surface area contributed by atoms with E-state index in [0.29, 0.717) is 25.6 Å². The van der Waals surface area contributed by atoms with Gasteiger partial charge >= 0.3 is 5.69 Å². The Labute approximate surface area is 127 Å². The summed E-state index contributed by atoms with van der Waals surface area (Å²) in [5.74, 6) is 0.779. The molecule has 0 unspecified atom stereocenters. The summed E-state index contributed by atoms with van der Waals surface area (Å²) in [5.41, 5.74) is -0.229. The molecule has 2 rings (SSSR count). The van der Waals surface area contributed by atoms with Gasteiger partial charge in [0.2, 0.25) is 5.75 Å². The minimum absolute atomic E-state index is 0.112. The quantitative estimate of drug-likeness (QED) is 0.514. The Morgan fingerprint density at radius 2 is 2.15 bits per heavy atom. The summed E-state index contributed by atoms with van der Waals surface area (Å²) in [7, 11) is 0. The van der Waals surface area contributed by atoms with Crippen LogP contribution in [0.5, 0.6) is 5.75 Å². The number of hydrogen-bond acceptors (Lipinski definition) is 5. The highest BCUT2D eigenvalue weighted by molar-refractivity contribution is 7.80. The van der Waals surface area contributed by atoms with E-state index in [4.69, 9.17) is 21.1 Å². The Hall–Kier alpha value is -0.980. The Balaban J connectivity index is 2.15. The number of ether oxygens (including phenoxy) is 2. The van der Waals surface area contributed by atoms with E-state index in [1.54, 1.807) is 6.07 Å². The number of nitro groups is 1. The van der Waals surface area contributed by atoms with Crippen molar-refractivity contribution in [1.29, 1.82) is 0 Å². The molecule has 0 bridgehead atoms. The zero-order valence-corrected chi connectivity index (χ0v) is 12.5. The van der Waals surface area contributed by atoms with Gasteiger partial charge in [-0.25, -0.2) is 0 Å². The Morgan fingerprint density at radius 1 is 1.45 bits per heavy atom. The molecule has 5 nitrogen and oxygen atoms in total. The first-order valence-corrected chi connectivity index (χ1v) is 7.33. The summed E-state index contributed by atoms with van der Waals surface area (Å²) in [6, 6.07) is 4.51. The molecule has 1 aromatic rings. The minimum Gasteiger partial charge on any atom is -0.485 e. The van der Waals surface area contributed by atoms with E-state index < -0.39 is 4.92 Å². The zero-order valence-electron chi connectivity index (χ0n) is 10.9. The van der Waals surface area contributed by atoms with Crippen molar-refractivity contribution in [3.8, 4) is 5.75 Å². The lowest BCUT2D eigenvalue weighted by molar-refractivity contribution is -0.386. The number of hydrogen-bond donors (Lipinski definition) is 1. The third-order valence-electron chi connectivity index (χ3n) is 3.55. The molecule has 1 heterocycles. The van der Waals surface area contributed by atoms with E-state index in [1.165, 1.54) is 12.1 Å². The molecule has 20 heavy (non-hydrogen) atoms. The Bertz CT molecular complexity index is 491. The van der Waals surface area contributed by atoms with Crippen molar-refractivity contribution in [2.75, 3.05) is 25.6 Å². The molecule has 0 saturated carbocycles. The van der Waals surface area contributed by atoms with Gasteiger partial charge in [-0.05, 0) is 24.7 Å². The third kappa shape index (κ3) is 3.37. The van der Waals surface area contributed by atoms with Crippen molar-refractivity contribution >= 4 is 29.9 Å². The number of nitro benzene ring substituents is 1. The zero-order chi connectivity index (χ0) is 14.6. The molecule has 0 radical (unpaired) electrons. The van der Waals surface area contributed by atoms with Crippen molar-refractivity contribution in [2.24, 2.45) is 5.41 Å². The van der Waals surface area contributed by atoms with Crippen LogP contribution in [0.3, 0.4) is 0 Å². The van der Waals surface area contributed by atoms with Crippen molar-refractivity contribution in [3.63, 3.8) is 0 Å². The van der Waals surface area contributed by atoms with Gasteiger partial charge in [-0.15, -0.1) is 0 Å². The number of rotatable bonds is 5. The summed E-state index contributed by atoms with van der Waals surface area (Å²) in [4.78, 5) is 10.5. The van der Waals surface area contributed by atoms with Crippen LogP contribution in [0.2, 0.25) is 5.02 Å². The van der Waals surface area contributed by atoms with Gasteiger partial charge in [-0.1, -0.05) is 17.7 Å². The number of para-hydroxylation sites is 1. The average molecular weight is 318 g/mol. The van der Waals surface area contributed by atoms with Crippen molar-refractivity contribution in [2.45, 2.75) is 12.8 Å². The first-order chi connectivity index (χ1) is 9.58. The first-order valence-electron chi connectivity index (χ1n) is 6.32. The molecule has 1 aromatic carbocycles. The van der Waals surface area contributed by atoms with E-state index in [9.17, 15) is 10.1 Å². The van der Waals surface area contributed by atoms with Crippen LogP contribution in [0, 0.1) is 15.5 Å². The second-order valence-electron chi connectivity index (χ2n) is 4.90. The average Bonchev–Trinajstić information content (AvgIpc) is 2.46.